The molecule has 0 aliphatic rings. The van der Waals surface area contributed by atoms with Crippen molar-refractivity contribution >= 4 is 70.6 Å². The van der Waals surface area contributed by atoms with Crippen molar-refractivity contribution in [3.8, 4) is 0 Å². The van der Waals surface area contributed by atoms with E-state index in [1.54, 1.807) is 0 Å². The molecule has 7 aromatic rings. The van der Waals surface area contributed by atoms with Gasteiger partial charge in [0, 0.05) is 6.42 Å². The molecule has 1 N–H and O–H groups in total. The zero-order valence-corrected chi connectivity index (χ0v) is 15.6. The van der Waals surface area contributed by atoms with Crippen molar-refractivity contribution in [1.82, 2.24) is 0 Å². The predicted octanol–water partition coefficient (Wildman–Crippen LogP) is 6.94. The van der Waals surface area contributed by atoms with Crippen molar-refractivity contribution in [2.75, 3.05) is 0 Å². The van der Waals surface area contributed by atoms with Crippen molar-refractivity contribution in [2.24, 2.45) is 0 Å². The summed E-state index contributed by atoms with van der Waals surface area (Å²) in [6.45, 7) is 0. The van der Waals surface area contributed by atoms with Crippen LogP contribution in [0.2, 0.25) is 0 Å². The maximum atomic E-state index is 11.2. The van der Waals surface area contributed by atoms with Crippen LogP contribution in [-0.2, 0) is 11.2 Å². The SMILES string of the molecule is O=C(O)CCc1cc2ccc3ccc4ccc5ccc6ccc1c1c6c5c4c3c21. The molecule has 29 heavy (non-hydrogen) atoms. The Morgan fingerprint density at radius 1 is 0.586 bits per heavy atom. The summed E-state index contributed by atoms with van der Waals surface area (Å²) >= 11 is 0. The van der Waals surface area contributed by atoms with Gasteiger partial charge in [0.05, 0.1) is 0 Å². The number of benzene rings is 7. The molecule has 0 saturated carbocycles. The second kappa shape index (κ2) is 5.03. The van der Waals surface area contributed by atoms with E-state index in [0.717, 1.165) is 5.56 Å². The molecule has 0 amide bonds. The molecule has 7 aromatic carbocycles. The van der Waals surface area contributed by atoms with Gasteiger partial charge in [-0.25, -0.2) is 0 Å². The molecule has 0 spiro atoms. The van der Waals surface area contributed by atoms with E-state index in [9.17, 15) is 9.90 Å². The van der Waals surface area contributed by atoms with Gasteiger partial charge in [-0.2, -0.15) is 0 Å². The van der Waals surface area contributed by atoms with Gasteiger partial charge in [0.25, 0.3) is 0 Å². The van der Waals surface area contributed by atoms with E-state index >= 15 is 0 Å². The maximum Gasteiger partial charge on any atom is 0.303 e. The monoisotopic (exact) mass is 372 g/mol. The summed E-state index contributed by atoms with van der Waals surface area (Å²) in [4.78, 5) is 11.2. The van der Waals surface area contributed by atoms with E-state index in [0.29, 0.717) is 6.42 Å². The summed E-state index contributed by atoms with van der Waals surface area (Å²) in [6.07, 6.45) is 0.699. The lowest BCUT2D eigenvalue weighted by molar-refractivity contribution is -0.136. The summed E-state index contributed by atoms with van der Waals surface area (Å²) < 4.78 is 0. The number of rotatable bonds is 3. The lowest BCUT2D eigenvalue weighted by Gasteiger charge is -2.21. The minimum absolute atomic E-state index is 0.150. The topological polar surface area (TPSA) is 37.3 Å². The number of hydrogen-bond acceptors (Lipinski definition) is 1. The van der Waals surface area contributed by atoms with E-state index < -0.39 is 5.97 Å². The molecule has 2 heteroatoms. The molecule has 2 nitrogen and oxygen atoms in total. The van der Waals surface area contributed by atoms with Crippen molar-refractivity contribution in [3.05, 3.63) is 72.3 Å². The van der Waals surface area contributed by atoms with Crippen molar-refractivity contribution < 1.29 is 9.90 Å². The number of carbonyl (C=O) groups is 1. The lowest BCUT2D eigenvalue weighted by Crippen LogP contribution is -1.99. The quantitative estimate of drug-likeness (QED) is 0.269. The highest BCUT2D eigenvalue weighted by Gasteiger charge is 2.21. The zero-order valence-electron chi connectivity index (χ0n) is 15.6. The van der Waals surface area contributed by atoms with E-state index in [-0.39, 0.29) is 6.42 Å². The van der Waals surface area contributed by atoms with Crippen LogP contribution in [-0.4, -0.2) is 11.1 Å². The molecule has 0 saturated heterocycles. The number of aliphatic carboxylic acids is 1. The fourth-order valence-electron chi connectivity index (χ4n) is 5.51. The largest absolute Gasteiger partial charge is 0.481 e. The van der Waals surface area contributed by atoms with Crippen molar-refractivity contribution in [1.29, 1.82) is 0 Å². The summed E-state index contributed by atoms with van der Waals surface area (Å²) in [5.41, 5.74) is 1.12. The number of carboxylic acid groups (broad SMARTS) is 1. The molecule has 7 rings (SSSR count). The molecule has 0 fully saturated rings. The predicted molar refractivity (Wildman–Crippen MR) is 121 cm³/mol. The Kier molecular flexibility index (Phi) is 2.66. The molecule has 0 atom stereocenters. The molecule has 0 aromatic heterocycles. The first kappa shape index (κ1) is 15.3. The Balaban J connectivity index is 1.84. The summed E-state index contributed by atoms with van der Waals surface area (Å²) in [7, 11) is 0. The smallest absolute Gasteiger partial charge is 0.303 e. The molecular formula is C27H16O2. The van der Waals surface area contributed by atoms with Gasteiger partial charge in [0.15, 0.2) is 0 Å². The lowest BCUT2D eigenvalue weighted by atomic mass is 9.81. The summed E-state index contributed by atoms with van der Waals surface area (Å²) in [5, 5.41) is 24.7. The van der Waals surface area contributed by atoms with E-state index in [1.807, 2.05) is 0 Å². The number of hydrogen-bond donors (Lipinski definition) is 1. The first-order chi connectivity index (χ1) is 14.2. The zero-order chi connectivity index (χ0) is 19.3. The van der Waals surface area contributed by atoms with Gasteiger partial charge >= 0.3 is 5.97 Å². The van der Waals surface area contributed by atoms with Crippen LogP contribution >= 0.6 is 0 Å². The van der Waals surface area contributed by atoms with Gasteiger partial charge in [0.2, 0.25) is 0 Å². The third-order valence-electron chi connectivity index (χ3n) is 6.70. The van der Waals surface area contributed by atoms with Gasteiger partial charge in [-0.3, -0.25) is 4.79 Å². The highest BCUT2D eigenvalue weighted by molar-refractivity contribution is 6.44. The van der Waals surface area contributed by atoms with E-state index in [4.69, 9.17) is 0 Å². The standard InChI is InChI=1S/C27H16O2/c28-21(29)12-10-18-13-19-8-7-16-4-2-14-1-3-15-5-6-17-9-11-20(18)27-25(17)23(15)22(14)24(16)26(19)27/h1-9,11,13H,10,12H2,(H,28,29). The van der Waals surface area contributed by atoms with Crippen LogP contribution in [0.1, 0.15) is 12.0 Å². The third kappa shape index (κ3) is 1.79. The van der Waals surface area contributed by atoms with Crippen LogP contribution < -0.4 is 0 Å². The van der Waals surface area contributed by atoms with Crippen molar-refractivity contribution in [2.45, 2.75) is 12.8 Å². The van der Waals surface area contributed by atoms with Gasteiger partial charge in [-0.1, -0.05) is 66.7 Å². The average molecular weight is 372 g/mol. The minimum atomic E-state index is -0.751. The molecular weight excluding hydrogens is 356 g/mol. The third-order valence-corrected chi connectivity index (χ3v) is 6.70. The second-order valence-corrected chi connectivity index (χ2v) is 8.17. The van der Waals surface area contributed by atoms with Crippen LogP contribution in [0.3, 0.4) is 0 Å². The summed E-state index contributed by atoms with van der Waals surface area (Å²) in [6, 6.07) is 24.3. The van der Waals surface area contributed by atoms with E-state index in [1.165, 1.54) is 64.6 Å². The molecule has 0 aliphatic carbocycles. The number of carboxylic acids is 1. The normalized spacial score (nSPS) is 12.7. The fourth-order valence-corrected chi connectivity index (χ4v) is 5.51. The second-order valence-electron chi connectivity index (χ2n) is 8.17. The van der Waals surface area contributed by atoms with E-state index in [2.05, 4.69) is 66.7 Å². The van der Waals surface area contributed by atoms with Crippen LogP contribution in [0.5, 0.6) is 0 Å². The maximum absolute atomic E-state index is 11.2. The Bertz CT molecular complexity index is 1670. The van der Waals surface area contributed by atoms with Crippen LogP contribution in [0.25, 0.3) is 64.6 Å². The molecule has 0 aliphatic heterocycles. The number of aryl methyl sites for hydroxylation is 1. The highest BCUT2D eigenvalue weighted by atomic mass is 16.4. The molecule has 0 radical (unpaired) electrons. The Morgan fingerprint density at radius 2 is 1.00 bits per heavy atom. The van der Waals surface area contributed by atoms with Crippen LogP contribution in [0.4, 0.5) is 0 Å². The Labute approximate surface area is 166 Å². The van der Waals surface area contributed by atoms with Crippen LogP contribution in [0, 0.1) is 0 Å². The van der Waals surface area contributed by atoms with Gasteiger partial charge in [-0.05, 0) is 76.6 Å². The van der Waals surface area contributed by atoms with Gasteiger partial charge in [-0.15, -0.1) is 0 Å². The van der Waals surface area contributed by atoms with Crippen molar-refractivity contribution in [3.63, 3.8) is 0 Å². The minimum Gasteiger partial charge on any atom is -0.481 e. The average Bonchev–Trinajstić information content (AvgIpc) is 2.75. The van der Waals surface area contributed by atoms with Gasteiger partial charge < -0.3 is 5.11 Å². The molecule has 136 valence electrons. The highest BCUT2D eigenvalue weighted by Crippen LogP contribution is 2.48. The summed E-state index contributed by atoms with van der Waals surface area (Å²) in [5.74, 6) is -0.751. The first-order valence-corrected chi connectivity index (χ1v) is 10.0. The fraction of sp³-hybridized carbons (Fsp3) is 0.0741. The van der Waals surface area contributed by atoms with Gasteiger partial charge in [0.1, 0.15) is 0 Å². The Morgan fingerprint density at radius 3 is 1.52 bits per heavy atom. The Hall–Kier alpha value is -3.65. The molecule has 0 bridgehead atoms. The molecule has 0 heterocycles. The first-order valence-electron chi connectivity index (χ1n) is 10.0. The molecule has 0 unspecified atom stereocenters. The van der Waals surface area contributed by atoms with Crippen LogP contribution in [0.15, 0.2) is 66.7 Å².